The fraction of sp³-hybridized carbons (Fsp3) is 0.500. The Morgan fingerprint density at radius 3 is 2.33 bits per heavy atom. The fourth-order valence-electron chi connectivity index (χ4n) is 1.99. The molecule has 1 fully saturated rings. The Morgan fingerprint density at radius 1 is 1.24 bits per heavy atom. The summed E-state index contributed by atoms with van der Waals surface area (Å²) in [6.45, 7) is 0. The highest BCUT2D eigenvalue weighted by atomic mass is 32.2. The van der Waals surface area contributed by atoms with E-state index in [1.165, 1.54) is 0 Å². The highest BCUT2D eigenvalue weighted by Gasteiger charge is 2.31. The summed E-state index contributed by atoms with van der Waals surface area (Å²) in [5.74, 6) is -0.607. The second kappa shape index (κ2) is 5.63. The van der Waals surface area contributed by atoms with Crippen molar-refractivity contribution in [2.24, 2.45) is 0 Å². The topological polar surface area (TPSA) is 76.1 Å². The molecule has 1 saturated heterocycles. The summed E-state index contributed by atoms with van der Waals surface area (Å²) in [6.07, 6.45) is -3.30. The molecule has 1 aliphatic heterocycles. The van der Waals surface area contributed by atoms with Gasteiger partial charge in [0.25, 0.3) is 5.91 Å². The molecule has 1 aromatic rings. The molecular formula is C12H13F3N2O3S. The van der Waals surface area contributed by atoms with Crippen LogP contribution in [0.3, 0.4) is 0 Å². The number of amides is 1. The zero-order chi connectivity index (χ0) is 15.7. The van der Waals surface area contributed by atoms with Gasteiger partial charge in [0.15, 0.2) is 0 Å². The van der Waals surface area contributed by atoms with E-state index in [9.17, 15) is 26.4 Å². The van der Waals surface area contributed by atoms with Gasteiger partial charge in [-0.05, 0) is 25.0 Å². The molecule has 0 bridgehead atoms. The van der Waals surface area contributed by atoms with Gasteiger partial charge in [-0.25, -0.2) is 8.42 Å². The quantitative estimate of drug-likeness (QED) is 0.893. The lowest BCUT2D eigenvalue weighted by atomic mass is 10.1. The maximum absolute atomic E-state index is 12.4. The van der Waals surface area contributed by atoms with Crippen LogP contribution in [0.4, 0.5) is 13.2 Å². The lowest BCUT2D eigenvalue weighted by Gasteiger charge is -2.22. The average molecular weight is 322 g/mol. The summed E-state index contributed by atoms with van der Waals surface area (Å²) >= 11 is 0. The molecule has 21 heavy (non-hydrogen) atoms. The number of halogens is 3. The Kier molecular flexibility index (Phi) is 4.22. The fourth-order valence-corrected chi connectivity index (χ4v) is 3.48. The third kappa shape index (κ3) is 4.16. The number of hydrogen-bond acceptors (Lipinski definition) is 4. The van der Waals surface area contributed by atoms with Crippen molar-refractivity contribution in [1.82, 2.24) is 10.3 Å². The molecule has 9 heteroatoms. The smallest absolute Gasteiger partial charge is 0.348 e. The molecule has 0 radical (unpaired) electrons. The SMILES string of the molecule is O=C(NC1CCS(=O)(=O)CC1)c1ccc(C(F)(F)F)cn1. The molecule has 0 aromatic carbocycles. The number of sulfone groups is 1. The van der Waals surface area contributed by atoms with Crippen LogP contribution in [-0.4, -0.2) is 36.9 Å². The largest absolute Gasteiger partial charge is 0.417 e. The number of carbonyl (C=O) groups excluding carboxylic acids is 1. The van der Waals surface area contributed by atoms with Crippen LogP contribution in [0.1, 0.15) is 28.9 Å². The second-order valence-corrected chi connectivity index (χ2v) is 7.13. The molecule has 1 aliphatic rings. The van der Waals surface area contributed by atoms with Gasteiger partial charge in [-0.2, -0.15) is 13.2 Å². The molecule has 0 aliphatic carbocycles. The van der Waals surface area contributed by atoms with Gasteiger partial charge >= 0.3 is 6.18 Å². The molecule has 116 valence electrons. The lowest BCUT2D eigenvalue weighted by Crippen LogP contribution is -2.41. The van der Waals surface area contributed by atoms with Gasteiger partial charge < -0.3 is 5.32 Å². The normalized spacial score (nSPS) is 19.2. The Hall–Kier alpha value is -1.64. The number of aromatic nitrogens is 1. The molecule has 1 N–H and O–H groups in total. The summed E-state index contributed by atoms with van der Waals surface area (Å²) in [6, 6.07) is 1.48. The Bertz CT molecular complexity index is 612. The van der Waals surface area contributed by atoms with E-state index in [1.807, 2.05) is 0 Å². The minimum Gasteiger partial charge on any atom is -0.348 e. The molecule has 1 amide bonds. The van der Waals surface area contributed by atoms with E-state index in [-0.39, 0.29) is 23.2 Å². The van der Waals surface area contributed by atoms with Crippen molar-refractivity contribution >= 4 is 15.7 Å². The maximum atomic E-state index is 12.4. The van der Waals surface area contributed by atoms with Gasteiger partial charge in [-0.15, -0.1) is 0 Å². The van der Waals surface area contributed by atoms with Crippen LogP contribution < -0.4 is 5.32 Å². The van der Waals surface area contributed by atoms with Crippen LogP contribution in [-0.2, 0) is 16.0 Å². The molecular weight excluding hydrogens is 309 g/mol. The van der Waals surface area contributed by atoms with Crippen LogP contribution >= 0.6 is 0 Å². The predicted molar refractivity (Wildman–Crippen MR) is 68.4 cm³/mol. The first-order valence-electron chi connectivity index (χ1n) is 6.22. The molecule has 0 saturated carbocycles. The van der Waals surface area contributed by atoms with Crippen molar-refractivity contribution < 1.29 is 26.4 Å². The van der Waals surface area contributed by atoms with Gasteiger partial charge in [0.1, 0.15) is 15.5 Å². The van der Waals surface area contributed by atoms with Crippen molar-refractivity contribution in [2.45, 2.75) is 25.1 Å². The highest BCUT2D eigenvalue weighted by molar-refractivity contribution is 7.91. The van der Waals surface area contributed by atoms with Crippen molar-refractivity contribution in [2.75, 3.05) is 11.5 Å². The Labute approximate surface area is 119 Å². The summed E-state index contributed by atoms with van der Waals surface area (Å²) in [7, 11) is -3.03. The second-order valence-electron chi connectivity index (χ2n) is 4.83. The van der Waals surface area contributed by atoms with Gasteiger partial charge in [0, 0.05) is 12.2 Å². The third-order valence-electron chi connectivity index (χ3n) is 3.21. The van der Waals surface area contributed by atoms with E-state index in [1.54, 1.807) is 0 Å². The van der Waals surface area contributed by atoms with E-state index in [0.29, 0.717) is 19.0 Å². The highest BCUT2D eigenvalue weighted by Crippen LogP contribution is 2.28. The molecule has 1 aromatic heterocycles. The van der Waals surface area contributed by atoms with Crippen LogP contribution in [0.15, 0.2) is 18.3 Å². The molecule has 0 atom stereocenters. The van der Waals surface area contributed by atoms with Crippen molar-refractivity contribution in [3.63, 3.8) is 0 Å². The monoisotopic (exact) mass is 322 g/mol. The van der Waals surface area contributed by atoms with Gasteiger partial charge in [0.05, 0.1) is 17.1 Å². The molecule has 2 heterocycles. The number of carbonyl (C=O) groups is 1. The number of hydrogen-bond donors (Lipinski definition) is 1. The number of alkyl halides is 3. The first-order valence-corrected chi connectivity index (χ1v) is 8.04. The van der Waals surface area contributed by atoms with Crippen LogP contribution in [0, 0.1) is 0 Å². The summed E-state index contributed by atoms with van der Waals surface area (Å²) < 4.78 is 59.6. The zero-order valence-corrected chi connectivity index (χ0v) is 11.7. The van der Waals surface area contributed by atoms with Crippen LogP contribution in [0.5, 0.6) is 0 Å². The van der Waals surface area contributed by atoms with E-state index in [4.69, 9.17) is 0 Å². The van der Waals surface area contributed by atoms with Gasteiger partial charge in [-0.1, -0.05) is 0 Å². The van der Waals surface area contributed by atoms with Crippen molar-refractivity contribution in [3.05, 3.63) is 29.6 Å². The van der Waals surface area contributed by atoms with Crippen LogP contribution in [0.2, 0.25) is 0 Å². The number of nitrogens with one attached hydrogen (secondary N) is 1. The molecule has 0 spiro atoms. The minimum atomic E-state index is -4.50. The number of pyridine rings is 1. The number of nitrogens with zero attached hydrogens (tertiary/aromatic N) is 1. The first-order chi connectivity index (χ1) is 9.67. The minimum absolute atomic E-state index is 0.00160. The van der Waals surface area contributed by atoms with Crippen molar-refractivity contribution in [1.29, 1.82) is 0 Å². The Morgan fingerprint density at radius 2 is 1.86 bits per heavy atom. The van der Waals surface area contributed by atoms with E-state index in [0.717, 1.165) is 12.1 Å². The molecule has 5 nitrogen and oxygen atoms in total. The lowest BCUT2D eigenvalue weighted by molar-refractivity contribution is -0.137. The zero-order valence-electron chi connectivity index (χ0n) is 10.9. The van der Waals surface area contributed by atoms with E-state index >= 15 is 0 Å². The first kappa shape index (κ1) is 15.7. The third-order valence-corrected chi connectivity index (χ3v) is 4.93. The van der Waals surface area contributed by atoms with E-state index < -0.39 is 27.5 Å². The average Bonchev–Trinajstić information content (AvgIpc) is 2.40. The van der Waals surface area contributed by atoms with E-state index in [2.05, 4.69) is 10.3 Å². The summed E-state index contributed by atoms with van der Waals surface area (Å²) in [5, 5.41) is 2.58. The van der Waals surface area contributed by atoms with Gasteiger partial charge in [0.2, 0.25) is 0 Å². The van der Waals surface area contributed by atoms with Crippen LogP contribution in [0.25, 0.3) is 0 Å². The standard InChI is InChI=1S/C12H13F3N2O3S/c13-12(14,15)8-1-2-10(16-7-8)11(18)17-9-3-5-21(19,20)6-4-9/h1-2,7,9H,3-6H2,(H,17,18). The molecule has 0 unspecified atom stereocenters. The van der Waals surface area contributed by atoms with Gasteiger partial charge in [-0.3, -0.25) is 9.78 Å². The summed E-state index contributed by atoms with van der Waals surface area (Å²) in [4.78, 5) is 15.3. The summed E-state index contributed by atoms with van der Waals surface area (Å²) in [5.41, 5.74) is -1.06. The number of rotatable bonds is 2. The van der Waals surface area contributed by atoms with Crippen molar-refractivity contribution in [3.8, 4) is 0 Å². The maximum Gasteiger partial charge on any atom is 0.417 e. The molecule has 2 rings (SSSR count). The Balaban J connectivity index is 1.98. The predicted octanol–water partition coefficient (Wildman–Crippen LogP) is 1.41.